The van der Waals surface area contributed by atoms with Crippen LogP contribution in [0.4, 0.5) is 5.13 Å². The fraction of sp³-hybridized carbons (Fsp3) is 0.316. The summed E-state index contributed by atoms with van der Waals surface area (Å²) in [5.41, 5.74) is 5.02. The first kappa shape index (κ1) is 15.3. The number of amides is 1. The number of hydrogen-bond donors (Lipinski definition) is 1. The van der Waals surface area contributed by atoms with Crippen molar-refractivity contribution in [1.29, 1.82) is 0 Å². The molecule has 1 N–H and O–H groups in total. The van der Waals surface area contributed by atoms with Crippen molar-refractivity contribution >= 4 is 33.3 Å². The Morgan fingerprint density at radius 3 is 2.83 bits per heavy atom. The van der Waals surface area contributed by atoms with Gasteiger partial charge in [-0.15, -0.1) is 11.3 Å². The molecule has 1 aromatic carbocycles. The smallest absolute Gasteiger partial charge is 0.258 e. The Bertz CT molecular complexity index is 945. The van der Waals surface area contributed by atoms with Crippen molar-refractivity contribution < 1.29 is 4.79 Å². The van der Waals surface area contributed by atoms with E-state index in [1.165, 1.54) is 11.3 Å². The van der Waals surface area contributed by atoms with Crippen LogP contribution in [0.3, 0.4) is 0 Å². The molecule has 0 unspecified atom stereocenters. The minimum atomic E-state index is -0.0690. The number of carbonyl (C=O) groups excluding carboxylic acids is 1. The highest BCUT2D eigenvalue weighted by Gasteiger charge is 2.23. The van der Waals surface area contributed by atoms with Crippen LogP contribution in [-0.2, 0) is 12.8 Å². The fourth-order valence-electron chi connectivity index (χ4n) is 3.37. The first-order valence-electron chi connectivity index (χ1n) is 8.28. The first-order valence-corrected chi connectivity index (χ1v) is 9.09. The van der Waals surface area contributed by atoms with Gasteiger partial charge in [0.05, 0.1) is 11.1 Å². The number of aromatic nitrogens is 2. The zero-order chi connectivity index (χ0) is 16.7. The molecule has 0 radical (unpaired) electrons. The van der Waals surface area contributed by atoms with Crippen LogP contribution in [0.5, 0.6) is 0 Å². The zero-order valence-electron chi connectivity index (χ0n) is 13.8. The zero-order valence-corrected chi connectivity index (χ0v) is 14.7. The Hall–Kier alpha value is -2.27. The van der Waals surface area contributed by atoms with E-state index in [9.17, 15) is 4.79 Å². The van der Waals surface area contributed by atoms with E-state index < -0.39 is 0 Å². The lowest BCUT2D eigenvalue weighted by molar-refractivity contribution is 0.102. The van der Waals surface area contributed by atoms with Gasteiger partial charge < -0.3 is 0 Å². The maximum atomic E-state index is 13.0. The Morgan fingerprint density at radius 1 is 1.21 bits per heavy atom. The van der Waals surface area contributed by atoms with E-state index in [1.54, 1.807) is 6.20 Å². The third kappa shape index (κ3) is 2.69. The molecule has 24 heavy (non-hydrogen) atoms. The molecular formula is C19H19N3OS. The van der Waals surface area contributed by atoms with Crippen LogP contribution in [0, 0.1) is 13.8 Å². The summed E-state index contributed by atoms with van der Waals surface area (Å²) < 4.78 is 0. The summed E-state index contributed by atoms with van der Waals surface area (Å²) >= 11 is 1.50. The summed E-state index contributed by atoms with van der Waals surface area (Å²) in [5, 5.41) is 4.58. The largest absolute Gasteiger partial charge is 0.298 e. The molecule has 0 saturated carbocycles. The molecule has 5 heteroatoms. The molecular weight excluding hydrogens is 318 g/mol. The van der Waals surface area contributed by atoms with E-state index in [1.807, 2.05) is 19.9 Å². The van der Waals surface area contributed by atoms with Crippen LogP contribution >= 0.6 is 11.3 Å². The van der Waals surface area contributed by atoms with E-state index in [0.29, 0.717) is 5.13 Å². The quantitative estimate of drug-likeness (QED) is 0.752. The highest BCUT2D eigenvalue weighted by atomic mass is 32.1. The van der Waals surface area contributed by atoms with Gasteiger partial charge in [0.2, 0.25) is 0 Å². The van der Waals surface area contributed by atoms with Gasteiger partial charge in [-0.25, -0.2) is 4.98 Å². The summed E-state index contributed by atoms with van der Waals surface area (Å²) in [4.78, 5) is 23.2. The Balaban J connectivity index is 1.87. The van der Waals surface area contributed by atoms with E-state index in [2.05, 4.69) is 22.4 Å². The molecule has 0 spiro atoms. The second-order valence-electron chi connectivity index (χ2n) is 6.37. The van der Waals surface area contributed by atoms with Crippen LogP contribution in [0.15, 0.2) is 24.4 Å². The summed E-state index contributed by atoms with van der Waals surface area (Å²) in [7, 11) is 0. The monoisotopic (exact) mass is 337 g/mol. The first-order chi connectivity index (χ1) is 11.6. The van der Waals surface area contributed by atoms with Crippen LogP contribution in [-0.4, -0.2) is 15.9 Å². The highest BCUT2D eigenvalue weighted by Crippen LogP contribution is 2.31. The van der Waals surface area contributed by atoms with E-state index in [0.717, 1.165) is 63.8 Å². The Kier molecular flexibility index (Phi) is 3.81. The second kappa shape index (κ2) is 5.98. The van der Waals surface area contributed by atoms with E-state index >= 15 is 0 Å². The van der Waals surface area contributed by atoms with Crippen molar-refractivity contribution in [3.8, 4) is 0 Å². The van der Waals surface area contributed by atoms with Gasteiger partial charge in [-0.2, -0.15) is 0 Å². The van der Waals surface area contributed by atoms with Crippen molar-refractivity contribution in [3.05, 3.63) is 51.7 Å². The second-order valence-corrected chi connectivity index (χ2v) is 7.60. The predicted molar refractivity (Wildman–Crippen MR) is 97.9 cm³/mol. The Morgan fingerprint density at radius 2 is 2.04 bits per heavy atom. The molecule has 122 valence electrons. The maximum Gasteiger partial charge on any atom is 0.258 e. The number of pyridine rings is 1. The number of rotatable bonds is 2. The topological polar surface area (TPSA) is 54.9 Å². The molecule has 3 aromatic rings. The molecule has 1 amide bonds. The fourth-order valence-corrected chi connectivity index (χ4v) is 4.03. The molecule has 2 aromatic heterocycles. The number of thiazole rings is 1. The SMILES string of the molecule is Cc1ccc2nc3c(c(C(=O)Nc4ncc(C)s4)c2c1)CCCC3. The number of hydrogen-bond acceptors (Lipinski definition) is 4. The van der Waals surface area contributed by atoms with Crippen molar-refractivity contribution in [2.24, 2.45) is 0 Å². The molecule has 1 aliphatic rings. The minimum absolute atomic E-state index is 0.0690. The van der Waals surface area contributed by atoms with E-state index in [-0.39, 0.29) is 5.91 Å². The normalized spacial score (nSPS) is 13.8. The number of nitrogens with one attached hydrogen (secondary N) is 1. The lowest BCUT2D eigenvalue weighted by atomic mass is 9.89. The lowest BCUT2D eigenvalue weighted by Gasteiger charge is -2.20. The molecule has 0 bridgehead atoms. The standard InChI is InChI=1S/C19H19N3OS/c1-11-7-8-16-14(9-11)17(13-5-3-4-6-15(13)21-16)18(23)22-19-20-10-12(2)24-19/h7-10H,3-6H2,1-2H3,(H,20,22,23). The predicted octanol–water partition coefficient (Wildman–Crippen LogP) is 4.44. The van der Waals surface area contributed by atoms with Gasteiger partial charge in [-0.1, -0.05) is 11.6 Å². The number of aryl methyl sites for hydroxylation is 3. The highest BCUT2D eigenvalue weighted by molar-refractivity contribution is 7.15. The van der Waals surface area contributed by atoms with Gasteiger partial charge in [0.25, 0.3) is 5.91 Å². The number of nitrogens with zero attached hydrogens (tertiary/aromatic N) is 2. The third-order valence-corrected chi connectivity index (χ3v) is 5.31. The average Bonchev–Trinajstić information content (AvgIpc) is 2.97. The van der Waals surface area contributed by atoms with Gasteiger partial charge in [0.15, 0.2) is 5.13 Å². The molecule has 0 fully saturated rings. The molecule has 2 heterocycles. The van der Waals surface area contributed by atoms with Crippen molar-refractivity contribution in [2.75, 3.05) is 5.32 Å². The third-order valence-electron chi connectivity index (χ3n) is 4.49. The van der Waals surface area contributed by atoms with Crippen molar-refractivity contribution in [3.63, 3.8) is 0 Å². The molecule has 4 nitrogen and oxygen atoms in total. The summed E-state index contributed by atoms with van der Waals surface area (Å²) in [6, 6.07) is 6.14. The summed E-state index contributed by atoms with van der Waals surface area (Å²) in [6.07, 6.45) is 5.92. The number of anilines is 1. The van der Waals surface area contributed by atoms with Crippen LogP contribution < -0.4 is 5.32 Å². The van der Waals surface area contributed by atoms with E-state index in [4.69, 9.17) is 4.98 Å². The molecule has 0 atom stereocenters. The summed E-state index contributed by atoms with van der Waals surface area (Å²) in [6.45, 7) is 4.03. The van der Waals surface area contributed by atoms with Crippen molar-refractivity contribution in [1.82, 2.24) is 9.97 Å². The van der Waals surface area contributed by atoms with Crippen LogP contribution in [0.1, 0.15) is 44.9 Å². The van der Waals surface area contributed by atoms with Crippen LogP contribution in [0.25, 0.3) is 10.9 Å². The number of benzene rings is 1. The molecule has 1 aliphatic carbocycles. The maximum absolute atomic E-state index is 13.0. The van der Waals surface area contributed by atoms with Crippen molar-refractivity contribution in [2.45, 2.75) is 39.5 Å². The number of carbonyl (C=O) groups is 1. The van der Waals surface area contributed by atoms with Gasteiger partial charge >= 0.3 is 0 Å². The van der Waals surface area contributed by atoms with Gasteiger partial charge in [-0.05, 0) is 57.2 Å². The molecule has 0 saturated heterocycles. The average molecular weight is 337 g/mol. The molecule has 0 aliphatic heterocycles. The summed E-state index contributed by atoms with van der Waals surface area (Å²) in [5.74, 6) is -0.0690. The van der Waals surface area contributed by atoms with Crippen LogP contribution in [0.2, 0.25) is 0 Å². The van der Waals surface area contributed by atoms with Gasteiger partial charge in [-0.3, -0.25) is 15.1 Å². The van der Waals surface area contributed by atoms with Gasteiger partial charge in [0.1, 0.15) is 0 Å². The lowest BCUT2D eigenvalue weighted by Crippen LogP contribution is -2.19. The number of fused-ring (bicyclic) bond motifs is 2. The minimum Gasteiger partial charge on any atom is -0.298 e. The van der Waals surface area contributed by atoms with Gasteiger partial charge in [0, 0.05) is 22.2 Å². The molecule has 4 rings (SSSR count). The Labute approximate surface area is 145 Å².